The van der Waals surface area contributed by atoms with E-state index in [1.54, 1.807) is 7.11 Å². The third kappa shape index (κ3) is 3.01. The number of ether oxygens (including phenoxy) is 2. The molecule has 1 aromatic rings. The Morgan fingerprint density at radius 3 is 2.86 bits per heavy atom. The van der Waals surface area contributed by atoms with Gasteiger partial charge in [-0.2, -0.15) is 0 Å². The summed E-state index contributed by atoms with van der Waals surface area (Å²) in [5, 5.41) is 10.2. The van der Waals surface area contributed by atoms with E-state index in [0.717, 1.165) is 25.7 Å². The molecular formula is C24H32O4. The Hall–Kier alpha value is -1.97. The van der Waals surface area contributed by atoms with E-state index in [2.05, 4.69) is 26.0 Å². The molecule has 0 aliphatic heterocycles. The van der Waals surface area contributed by atoms with E-state index in [1.165, 1.54) is 30.0 Å². The molecule has 3 aliphatic carbocycles. The summed E-state index contributed by atoms with van der Waals surface area (Å²) in [6, 6.07) is 3.99. The van der Waals surface area contributed by atoms with Crippen LogP contribution in [0.2, 0.25) is 0 Å². The van der Waals surface area contributed by atoms with Gasteiger partial charge in [-0.3, -0.25) is 4.79 Å². The van der Waals surface area contributed by atoms with Gasteiger partial charge in [-0.25, -0.2) is 0 Å². The van der Waals surface area contributed by atoms with Crippen LogP contribution in [0, 0.1) is 23.2 Å². The predicted octanol–water partition coefficient (Wildman–Crippen LogP) is 4.99. The second-order valence-electron chi connectivity index (χ2n) is 9.19. The quantitative estimate of drug-likeness (QED) is 0.587. The molecule has 0 radical (unpaired) electrons. The molecule has 28 heavy (non-hydrogen) atoms. The number of allylic oxidation sites excluding steroid dienone is 1. The average molecular weight is 385 g/mol. The topological polar surface area (TPSA) is 55.8 Å². The van der Waals surface area contributed by atoms with E-state index >= 15 is 0 Å². The molecule has 1 aromatic carbocycles. The smallest absolute Gasteiger partial charge is 0.302 e. The van der Waals surface area contributed by atoms with E-state index in [1.807, 2.05) is 6.07 Å². The summed E-state index contributed by atoms with van der Waals surface area (Å²) in [5.41, 5.74) is 4.37. The highest BCUT2D eigenvalue weighted by atomic mass is 16.5. The van der Waals surface area contributed by atoms with Crippen LogP contribution in [0.3, 0.4) is 0 Å². The molecule has 0 aromatic heterocycles. The molecule has 0 unspecified atom stereocenters. The fourth-order valence-electron chi connectivity index (χ4n) is 6.45. The fourth-order valence-corrected chi connectivity index (χ4v) is 6.45. The Balaban J connectivity index is 1.58. The molecule has 4 heteroatoms. The van der Waals surface area contributed by atoms with Crippen molar-refractivity contribution in [3.63, 3.8) is 0 Å². The Kier molecular flexibility index (Phi) is 4.93. The first kappa shape index (κ1) is 19.4. The van der Waals surface area contributed by atoms with Crippen LogP contribution in [0.5, 0.6) is 11.5 Å². The van der Waals surface area contributed by atoms with Crippen molar-refractivity contribution in [2.45, 2.75) is 58.8 Å². The van der Waals surface area contributed by atoms with Gasteiger partial charge in [0.15, 0.2) is 11.5 Å². The standard InChI is InChI=1S/C24H32O4/c1-14(13-28-15(2)25)20-7-8-21-18-6-5-16-11-22(26)23(27-4)12-19(16)17(18)9-10-24(20,21)3/h7,11-12,14,17-18,21,26H,5-6,8-10,13H2,1-4H3/t14-,17+,18-,21+,24-/m1/s1. The van der Waals surface area contributed by atoms with Crippen LogP contribution in [0.25, 0.3) is 0 Å². The number of aryl methyl sites for hydroxylation is 1. The third-order valence-corrected chi connectivity index (χ3v) is 7.73. The number of benzene rings is 1. The lowest BCUT2D eigenvalue weighted by Gasteiger charge is -2.51. The summed E-state index contributed by atoms with van der Waals surface area (Å²) < 4.78 is 10.7. The number of hydrogen-bond donors (Lipinski definition) is 1. The van der Waals surface area contributed by atoms with Gasteiger partial charge in [0.05, 0.1) is 13.7 Å². The van der Waals surface area contributed by atoms with Gasteiger partial charge in [0, 0.05) is 12.8 Å². The number of carbonyl (C=O) groups excluding carboxylic acids is 1. The second-order valence-corrected chi connectivity index (χ2v) is 9.19. The molecule has 1 N–H and O–H groups in total. The zero-order valence-electron chi connectivity index (χ0n) is 17.5. The number of phenolic OH excluding ortho intramolecular Hbond substituents is 1. The fraction of sp³-hybridized carbons (Fsp3) is 0.625. The Morgan fingerprint density at radius 2 is 2.14 bits per heavy atom. The van der Waals surface area contributed by atoms with Gasteiger partial charge in [-0.1, -0.05) is 25.5 Å². The molecule has 0 bridgehead atoms. The molecule has 0 spiro atoms. The van der Waals surface area contributed by atoms with Crippen molar-refractivity contribution >= 4 is 5.97 Å². The number of esters is 1. The molecule has 0 heterocycles. The van der Waals surface area contributed by atoms with E-state index < -0.39 is 0 Å². The van der Waals surface area contributed by atoms with Crippen LogP contribution >= 0.6 is 0 Å². The Labute approximate surface area is 167 Å². The van der Waals surface area contributed by atoms with Crippen molar-refractivity contribution in [2.75, 3.05) is 13.7 Å². The zero-order chi connectivity index (χ0) is 20.1. The Morgan fingerprint density at radius 1 is 1.36 bits per heavy atom. The Bertz CT molecular complexity index is 811. The number of hydrogen-bond acceptors (Lipinski definition) is 4. The largest absolute Gasteiger partial charge is 0.504 e. The van der Waals surface area contributed by atoms with E-state index in [4.69, 9.17) is 9.47 Å². The van der Waals surface area contributed by atoms with Gasteiger partial charge in [0.1, 0.15) is 0 Å². The number of methoxy groups -OCH3 is 1. The van der Waals surface area contributed by atoms with Crippen molar-refractivity contribution in [2.24, 2.45) is 23.2 Å². The highest BCUT2D eigenvalue weighted by Gasteiger charge is 2.52. The zero-order valence-corrected chi connectivity index (χ0v) is 17.5. The van der Waals surface area contributed by atoms with Gasteiger partial charge in [0.2, 0.25) is 0 Å². The maximum atomic E-state index is 11.2. The van der Waals surface area contributed by atoms with E-state index in [-0.39, 0.29) is 23.1 Å². The first-order chi connectivity index (χ1) is 13.3. The summed E-state index contributed by atoms with van der Waals surface area (Å²) in [6.07, 6.45) is 8.10. The van der Waals surface area contributed by atoms with Crippen LogP contribution in [0.1, 0.15) is 63.5 Å². The first-order valence-electron chi connectivity index (χ1n) is 10.6. The van der Waals surface area contributed by atoms with E-state index in [9.17, 15) is 9.90 Å². The summed E-state index contributed by atoms with van der Waals surface area (Å²) in [6.45, 7) is 6.59. The van der Waals surface area contributed by atoms with Crippen molar-refractivity contribution in [3.8, 4) is 11.5 Å². The van der Waals surface area contributed by atoms with Gasteiger partial charge in [0.25, 0.3) is 0 Å². The maximum Gasteiger partial charge on any atom is 0.302 e. The molecule has 0 saturated heterocycles. The van der Waals surface area contributed by atoms with Crippen molar-refractivity contribution in [3.05, 3.63) is 34.9 Å². The molecule has 3 aliphatic rings. The lowest BCUT2D eigenvalue weighted by Crippen LogP contribution is -2.42. The lowest BCUT2D eigenvalue weighted by atomic mass is 9.53. The number of carbonyl (C=O) groups is 1. The van der Waals surface area contributed by atoms with Crippen LogP contribution < -0.4 is 4.74 Å². The predicted molar refractivity (Wildman–Crippen MR) is 109 cm³/mol. The summed E-state index contributed by atoms with van der Waals surface area (Å²) in [7, 11) is 1.62. The van der Waals surface area contributed by atoms with Crippen LogP contribution in [0.4, 0.5) is 0 Å². The number of rotatable bonds is 4. The normalized spacial score (nSPS) is 31.9. The van der Waals surface area contributed by atoms with Crippen molar-refractivity contribution in [1.29, 1.82) is 0 Å². The molecule has 1 saturated carbocycles. The molecular weight excluding hydrogens is 352 g/mol. The number of phenols is 1. The molecule has 4 nitrogen and oxygen atoms in total. The van der Waals surface area contributed by atoms with Crippen LogP contribution in [0.15, 0.2) is 23.8 Å². The van der Waals surface area contributed by atoms with Crippen LogP contribution in [-0.4, -0.2) is 24.8 Å². The minimum absolute atomic E-state index is 0.197. The molecule has 152 valence electrons. The lowest BCUT2D eigenvalue weighted by molar-refractivity contribution is -0.141. The molecule has 5 atom stereocenters. The summed E-state index contributed by atoms with van der Waals surface area (Å²) in [5.74, 6) is 2.79. The van der Waals surface area contributed by atoms with Gasteiger partial charge in [-0.15, -0.1) is 0 Å². The number of fused-ring (bicyclic) bond motifs is 5. The highest BCUT2D eigenvalue weighted by molar-refractivity contribution is 5.65. The van der Waals surface area contributed by atoms with Gasteiger partial charge in [-0.05, 0) is 78.5 Å². The van der Waals surface area contributed by atoms with Crippen molar-refractivity contribution in [1.82, 2.24) is 0 Å². The van der Waals surface area contributed by atoms with Gasteiger partial charge >= 0.3 is 5.97 Å². The van der Waals surface area contributed by atoms with Crippen LogP contribution in [-0.2, 0) is 16.0 Å². The molecule has 0 amide bonds. The SMILES string of the molecule is COc1cc2c(cc1O)CC[C@@H]1[C@@H]2CC[C@]2(C)C([C@H](C)COC(C)=O)=CC[C@@H]12. The van der Waals surface area contributed by atoms with Gasteiger partial charge < -0.3 is 14.6 Å². The highest BCUT2D eigenvalue weighted by Crippen LogP contribution is 2.62. The number of aromatic hydroxyl groups is 1. The minimum Gasteiger partial charge on any atom is -0.504 e. The van der Waals surface area contributed by atoms with E-state index in [0.29, 0.717) is 30.1 Å². The monoisotopic (exact) mass is 384 g/mol. The third-order valence-electron chi connectivity index (χ3n) is 7.73. The average Bonchev–Trinajstić information content (AvgIpc) is 3.02. The maximum absolute atomic E-state index is 11.2. The van der Waals surface area contributed by atoms with Crippen molar-refractivity contribution < 1.29 is 19.4 Å². The molecule has 4 rings (SSSR count). The molecule has 1 fully saturated rings. The first-order valence-corrected chi connectivity index (χ1v) is 10.6. The minimum atomic E-state index is -0.197. The summed E-state index contributed by atoms with van der Waals surface area (Å²) in [4.78, 5) is 11.2. The second kappa shape index (κ2) is 7.13. The summed E-state index contributed by atoms with van der Waals surface area (Å²) >= 11 is 0.